The van der Waals surface area contributed by atoms with E-state index < -0.39 is 0 Å². The second-order valence-electron chi connectivity index (χ2n) is 8.63. The lowest BCUT2D eigenvalue weighted by Crippen LogP contribution is -2.54. The Morgan fingerprint density at radius 3 is 2.84 bits per heavy atom. The smallest absolute Gasteiger partial charge is 0.216 e. The zero-order chi connectivity index (χ0) is 21.5. The number of anilines is 1. The van der Waals surface area contributed by atoms with Crippen molar-refractivity contribution in [3.05, 3.63) is 41.2 Å². The van der Waals surface area contributed by atoms with Crippen LogP contribution < -0.4 is 14.4 Å². The highest BCUT2D eigenvalue weighted by Gasteiger charge is 2.31. The van der Waals surface area contributed by atoms with Crippen molar-refractivity contribution in [1.82, 2.24) is 19.4 Å². The van der Waals surface area contributed by atoms with Gasteiger partial charge in [-0.3, -0.25) is 4.90 Å². The third-order valence-electron chi connectivity index (χ3n) is 6.78. The number of nitrogens with zero attached hydrogens (tertiary/aromatic N) is 5. The molecule has 0 spiro atoms. The van der Waals surface area contributed by atoms with E-state index in [0.717, 1.165) is 79.7 Å². The Morgan fingerprint density at radius 1 is 1.23 bits per heavy atom. The van der Waals surface area contributed by atoms with Gasteiger partial charge in [0.2, 0.25) is 11.8 Å². The number of benzene rings is 1. The van der Waals surface area contributed by atoms with Gasteiger partial charge in [0.05, 0.1) is 25.4 Å². The minimum atomic E-state index is 0.444. The molecule has 164 valence electrons. The molecule has 0 amide bonds. The van der Waals surface area contributed by atoms with Crippen LogP contribution in [0.15, 0.2) is 24.4 Å². The molecule has 7 heteroatoms. The van der Waals surface area contributed by atoms with Crippen LogP contribution in [-0.4, -0.2) is 58.8 Å². The fraction of sp³-hybridized carbons (Fsp3) is 0.500. The summed E-state index contributed by atoms with van der Waals surface area (Å²) >= 11 is 0. The first-order valence-electron chi connectivity index (χ1n) is 11.2. The Balaban J connectivity index is 1.42. The summed E-state index contributed by atoms with van der Waals surface area (Å²) < 4.78 is 14.0. The molecule has 2 aliphatic rings. The number of ether oxygens (including phenoxy) is 2. The number of hydrogen-bond acceptors (Lipinski definition) is 6. The molecule has 2 aromatic heterocycles. The van der Waals surface area contributed by atoms with Gasteiger partial charge in [0.1, 0.15) is 5.75 Å². The normalized spacial score (nSPS) is 19.4. The molecule has 0 bridgehead atoms. The number of pyridine rings is 1. The molecule has 4 heterocycles. The number of methoxy groups -OCH3 is 1. The molecule has 0 N–H and O–H groups in total. The van der Waals surface area contributed by atoms with Crippen molar-refractivity contribution in [2.75, 3.05) is 38.3 Å². The molecular formula is C24H31N5O2. The molecule has 5 rings (SSSR count). The fourth-order valence-electron chi connectivity index (χ4n) is 4.81. The van der Waals surface area contributed by atoms with Crippen molar-refractivity contribution in [2.24, 2.45) is 7.05 Å². The Kier molecular flexibility index (Phi) is 5.22. The first-order chi connectivity index (χ1) is 15.1. The summed E-state index contributed by atoms with van der Waals surface area (Å²) in [7, 11) is 3.79. The van der Waals surface area contributed by atoms with Crippen molar-refractivity contribution in [2.45, 2.75) is 39.3 Å². The van der Waals surface area contributed by atoms with Gasteiger partial charge in [-0.1, -0.05) is 6.92 Å². The monoisotopic (exact) mass is 421 g/mol. The molecule has 0 aliphatic carbocycles. The highest BCUT2D eigenvalue weighted by Crippen LogP contribution is 2.33. The second kappa shape index (κ2) is 8.04. The topological polar surface area (TPSA) is 55.7 Å². The van der Waals surface area contributed by atoms with Crippen LogP contribution in [0, 0.1) is 6.92 Å². The number of aromatic nitrogens is 3. The van der Waals surface area contributed by atoms with Gasteiger partial charge in [0.15, 0.2) is 0 Å². The average Bonchev–Trinajstić information content (AvgIpc) is 3.10. The maximum Gasteiger partial charge on any atom is 0.216 e. The van der Waals surface area contributed by atoms with Gasteiger partial charge in [0, 0.05) is 61.5 Å². The molecule has 3 aromatic rings. The molecule has 0 saturated carbocycles. The fourth-order valence-corrected chi connectivity index (χ4v) is 4.81. The first kappa shape index (κ1) is 20.1. The van der Waals surface area contributed by atoms with Crippen molar-refractivity contribution < 1.29 is 9.47 Å². The average molecular weight is 422 g/mol. The third kappa shape index (κ3) is 3.61. The minimum absolute atomic E-state index is 0.444. The molecule has 1 fully saturated rings. The van der Waals surface area contributed by atoms with Gasteiger partial charge in [-0.15, -0.1) is 0 Å². The van der Waals surface area contributed by atoms with Gasteiger partial charge < -0.3 is 18.9 Å². The number of aryl methyl sites for hydroxylation is 2. The van der Waals surface area contributed by atoms with Gasteiger partial charge in [-0.25, -0.2) is 9.97 Å². The van der Waals surface area contributed by atoms with Crippen molar-refractivity contribution >= 4 is 16.9 Å². The highest BCUT2D eigenvalue weighted by molar-refractivity contribution is 5.83. The third-order valence-corrected chi connectivity index (χ3v) is 6.78. The maximum absolute atomic E-state index is 6.26. The molecule has 1 saturated heterocycles. The lowest BCUT2D eigenvalue weighted by atomic mass is 10.0. The predicted molar refractivity (Wildman–Crippen MR) is 122 cm³/mol. The Bertz CT molecular complexity index is 1110. The summed E-state index contributed by atoms with van der Waals surface area (Å²) in [5, 5.41) is 1.11. The van der Waals surface area contributed by atoms with Crippen LogP contribution in [0.3, 0.4) is 0 Å². The van der Waals surface area contributed by atoms with Crippen LogP contribution in [0.1, 0.15) is 30.2 Å². The summed E-state index contributed by atoms with van der Waals surface area (Å²) in [6, 6.07) is 6.96. The van der Waals surface area contributed by atoms with Crippen LogP contribution in [0.25, 0.3) is 10.9 Å². The second-order valence-corrected chi connectivity index (χ2v) is 8.63. The highest BCUT2D eigenvalue weighted by atomic mass is 16.5. The zero-order valence-electron chi connectivity index (χ0n) is 18.9. The largest absolute Gasteiger partial charge is 0.493 e. The summed E-state index contributed by atoms with van der Waals surface area (Å²) in [6.07, 6.45) is 3.86. The lowest BCUT2D eigenvalue weighted by molar-refractivity contribution is 0.126. The summed E-state index contributed by atoms with van der Waals surface area (Å²) in [6.45, 7) is 8.80. The number of piperazine rings is 1. The minimum Gasteiger partial charge on any atom is -0.493 e. The number of fused-ring (bicyclic) bond motifs is 3. The Labute approximate surface area is 183 Å². The van der Waals surface area contributed by atoms with Crippen molar-refractivity contribution in [3.8, 4) is 11.6 Å². The molecule has 0 unspecified atom stereocenters. The standard InChI is InChI=1S/C24H31N5O2/c1-5-17-10-18-12-22-19(11-21(18)26-23(17)30-4)14-28-7-8-29(15-20(28)6-9-31-22)24-25-13-16(2)27(24)3/h10-13,20H,5-9,14-15H2,1-4H3/t20-/m1/s1. The van der Waals surface area contributed by atoms with E-state index in [1.54, 1.807) is 7.11 Å². The number of imidazole rings is 1. The van der Waals surface area contributed by atoms with Gasteiger partial charge in [0.25, 0.3) is 0 Å². The summed E-state index contributed by atoms with van der Waals surface area (Å²) in [5.74, 6) is 2.77. The van der Waals surface area contributed by atoms with Crippen LogP contribution >= 0.6 is 0 Å². The van der Waals surface area contributed by atoms with Crippen LogP contribution in [0.5, 0.6) is 11.6 Å². The van der Waals surface area contributed by atoms with E-state index in [4.69, 9.17) is 14.5 Å². The van der Waals surface area contributed by atoms with E-state index in [2.05, 4.69) is 58.4 Å². The number of hydrogen-bond donors (Lipinski definition) is 0. The molecule has 2 aliphatic heterocycles. The lowest BCUT2D eigenvalue weighted by Gasteiger charge is -2.43. The Morgan fingerprint density at radius 2 is 2.10 bits per heavy atom. The maximum atomic E-state index is 6.26. The van der Waals surface area contributed by atoms with Crippen molar-refractivity contribution in [1.29, 1.82) is 0 Å². The molecule has 0 radical (unpaired) electrons. The molecule has 1 atom stereocenters. The molecule has 31 heavy (non-hydrogen) atoms. The Hall–Kier alpha value is -2.80. The van der Waals surface area contributed by atoms with Gasteiger partial charge in [-0.2, -0.15) is 0 Å². The van der Waals surface area contributed by atoms with Crippen LogP contribution in [0.2, 0.25) is 0 Å². The van der Waals surface area contributed by atoms with Crippen LogP contribution in [-0.2, 0) is 20.0 Å². The SMILES string of the molecule is CCc1cc2cc3c(cc2nc1OC)CN1CCN(c2ncc(C)n2C)C[C@H]1CCO3. The number of rotatable bonds is 3. The van der Waals surface area contributed by atoms with E-state index in [-0.39, 0.29) is 0 Å². The zero-order valence-corrected chi connectivity index (χ0v) is 18.9. The van der Waals surface area contributed by atoms with E-state index in [9.17, 15) is 0 Å². The molecule has 7 nitrogen and oxygen atoms in total. The summed E-state index contributed by atoms with van der Waals surface area (Å²) in [4.78, 5) is 14.4. The van der Waals surface area contributed by atoms with E-state index in [1.807, 2.05) is 6.20 Å². The quantitative estimate of drug-likeness (QED) is 0.647. The molecule has 1 aromatic carbocycles. The van der Waals surface area contributed by atoms with E-state index >= 15 is 0 Å². The van der Waals surface area contributed by atoms with Gasteiger partial charge >= 0.3 is 0 Å². The first-order valence-corrected chi connectivity index (χ1v) is 11.2. The van der Waals surface area contributed by atoms with E-state index in [0.29, 0.717) is 6.04 Å². The van der Waals surface area contributed by atoms with Crippen molar-refractivity contribution in [3.63, 3.8) is 0 Å². The van der Waals surface area contributed by atoms with E-state index in [1.165, 1.54) is 11.3 Å². The van der Waals surface area contributed by atoms with Crippen LogP contribution in [0.4, 0.5) is 5.95 Å². The predicted octanol–water partition coefficient (Wildman–Crippen LogP) is 3.32. The molecular weight excluding hydrogens is 390 g/mol. The van der Waals surface area contributed by atoms with Gasteiger partial charge in [-0.05, 0) is 38.0 Å². The summed E-state index contributed by atoms with van der Waals surface area (Å²) in [5.41, 5.74) is 4.49.